The van der Waals surface area contributed by atoms with Gasteiger partial charge in [-0.05, 0) is 42.6 Å². The van der Waals surface area contributed by atoms with Crippen molar-refractivity contribution in [2.75, 3.05) is 0 Å². The zero-order valence-electron chi connectivity index (χ0n) is 9.27. The van der Waals surface area contributed by atoms with Gasteiger partial charge in [-0.2, -0.15) is 0 Å². The van der Waals surface area contributed by atoms with Crippen molar-refractivity contribution in [2.45, 2.75) is 25.3 Å². The van der Waals surface area contributed by atoms with Gasteiger partial charge in [-0.15, -0.1) is 0 Å². The van der Waals surface area contributed by atoms with E-state index in [4.69, 9.17) is 12.2 Å². The fourth-order valence-corrected chi connectivity index (χ4v) is 2.83. The van der Waals surface area contributed by atoms with Crippen LogP contribution in [0.5, 0.6) is 0 Å². The summed E-state index contributed by atoms with van der Waals surface area (Å²) in [5, 5.41) is 5.23. The maximum atomic E-state index is 11.7. The topological polar surface area (TPSA) is 53.6 Å². The molecule has 5 heteroatoms. The van der Waals surface area contributed by atoms with E-state index < -0.39 is 0 Å². The molecule has 1 aliphatic carbocycles. The van der Waals surface area contributed by atoms with Crippen molar-refractivity contribution in [1.82, 2.24) is 14.8 Å². The van der Waals surface area contributed by atoms with Crippen LogP contribution < -0.4 is 5.69 Å². The highest BCUT2D eigenvalue weighted by Crippen LogP contribution is 2.27. The molecule has 0 amide bonds. The van der Waals surface area contributed by atoms with Crippen LogP contribution in [0.25, 0.3) is 0 Å². The van der Waals surface area contributed by atoms with Crippen molar-refractivity contribution in [2.24, 2.45) is 0 Å². The zero-order chi connectivity index (χ0) is 11.8. The smallest absolute Gasteiger partial charge is 0.272 e. The fourth-order valence-electron chi connectivity index (χ4n) is 2.55. The number of benzene rings is 1. The van der Waals surface area contributed by atoms with Crippen LogP contribution in [0.2, 0.25) is 0 Å². The van der Waals surface area contributed by atoms with Crippen LogP contribution in [-0.4, -0.2) is 14.8 Å². The standard InChI is InChI=1S/C12H13N3OS/c16-11-13-14-12(17)15(11)10-6-5-8-3-1-2-4-9(8)7-10/h1-4,10H,5-7H2,(H,13,16)(H,14,17). The Morgan fingerprint density at radius 2 is 2.00 bits per heavy atom. The maximum Gasteiger partial charge on any atom is 0.342 e. The predicted octanol–water partition coefficient (Wildman–Crippen LogP) is 1.96. The Morgan fingerprint density at radius 3 is 2.71 bits per heavy atom. The number of aryl methyl sites for hydroxylation is 1. The first kappa shape index (κ1) is 10.5. The molecule has 0 fully saturated rings. The van der Waals surface area contributed by atoms with Crippen LogP contribution >= 0.6 is 12.2 Å². The summed E-state index contributed by atoms with van der Waals surface area (Å²) in [6.45, 7) is 0. The summed E-state index contributed by atoms with van der Waals surface area (Å²) in [5.74, 6) is 0. The van der Waals surface area contributed by atoms with Crippen molar-refractivity contribution >= 4 is 12.2 Å². The SMILES string of the molecule is O=c1[nH][nH]c(=S)n1C1CCc2ccccc2C1. The number of aromatic amines is 2. The van der Waals surface area contributed by atoms with Crippen molar-refractivity contribution in [3.05, 3.63) is 50.6 Å². The Balaban J connectivity index is 2.00. The first-order valence-electron chi connectivity index (χ1n) is 5.71. The summed E-state index contributed by atoms with van der Waals surface area (Å²) in [4.78, 5) is 11.7. The summed E-state index contributed by atoms with van der Waals surface area (Å²) in [6.07, 6.45) is 2.85. The molecule has 1 heterocycles. The van der Waals surface area contributed by atoms with Gasteiger partial charge in [0, 0.05) is 6.04 Å². The molecule has 1 unspecified atom stereocenters. The van der Waals surface area contributed by atoms with E-state index in [9.17, 15) is 4.79 Å². The highest BCUT2D eigenvalue weighted by Gasteiger charge is 2.21. The number of hydrogen-bond donors (Lipinski definition) is 2. The summed E-state index contributed by atoms with van der Waals surface area (Å²) < 4.78 is 2.14. The lowest BCUT2D eigenvalue weighted by Crippen LogP contribution is -2.27. The molecule has 1 aromatic heterocycles. The van der Waals surface area contributed by atoms with Crippen molar-refractivity contribution in [3.8, 4) is 0 Å². The minimum atomic E-state index is -0.139. The lowest BCUT2D eigenvalue weighted by molar-refractivity contribution is 0.428. The van der Waals surface area contributed by atoms with Crippen molar-refractivity contribution in [1.29, 1.82) is 0 Å². The summed E-state index contributed by atoms with van der Waals surface area (Å²) >= 11 is 5.13. The molecule has 2 aromatic rings. The molecule has 0 radical (unpaired) electrons. The van der Waals surface area contributed by atoms with Crippen LogP contribution in [0.4, 0.5) is 0 Å². The number of fused-ring (bicyclic) bond motifs is 1. The molecule has 88 valence electrons. The van der Waals surface area contributed by atoms with Crippen LogP contribution in [0, 0.1) is 4.77 Å². The van der Waals surface area contributed by atoms with Gasteiger partial charge in [0.05, 0.1) is 0 Å². The van der Waals surface area contributed by atoms with Crippen molar-refractivity contribution in [3.63, 3.8) is 0 Å². The van der Waals surface area contributed by atoms with E-state index in [2.05, 4.69) is 28.4 Å². The average molecular weight is 247 g/mol. The molecule has 1 aromatic carbocycles. The van der Waals surface area contributed by atoms with E-state index in [-0.39, 0.29) is 11.7 Å². The highest BCUT2D eigenvalue weighted by atomic mass is 32.1. The molecule has 17 heavy (non-hydrogen) atoms. The molecule has 0 aliphatic heterocycles. The third-order valence-corrected chi connectivity index (χ3v) is 3.70. The number of hydrogen-bond acceptors (Lipinski definition) is 2. The van der Waals surface area contributed by atoms with Gasteiger partial charge >= 0.3 is 5.69 Å². The molecule has 1 aliphatic rings. The maximum absolute atomic E-state index is 11.7. The summed E-state index contributed by atoms with van der Waals surface area (Å²) in [7, 11) is 0. The quantitative estimate of drug-likeness (QED) is 0.757. The van der Waals surface area contributed by atoms with E-state index in [1.165, 1.54) is 11.1 Å². The largest absolute Gasteiger partial charge is 0.342 e. The fraction of sp³-hybridized carbons (Fsp3) is 0.333. The molecule has 4 nitrogen and oxygen atoms in total. The van der Waals surface area contributed by atoms with Gasteiger partial charge in [-0.25, -0.2) is 9.89 Å². The minimum absolute atomic E-state index is 0.139. The first-order chi connectivity index (χ1) is 8.25. The molecule has 3 rings (SSSR count). The first-order valence-corrected chi connectivity index (χ1v) is 6.12. The van der Waals surface area contributed by atoms with Gasteiger partial charge in [-0.3, -0.25) is 9.67 Å². The van der Waals surface area contributed by atoms with Crippen molar-refractivity contribution < 1.29 is 0 Å². The zero-order valence-corrected chi connectivity index (χ0v) is 10.1. The number of rotatable bonds is 1. The lowest BCUT2D eigenvalue weighted by atomic mass is 9.88. The normalized spacial score (nSPS) is 18.9. The van der Waals surface area contributed by atoms with E-state index in [0.717, 1.165) is 19.3 Å². The summed E-state index contributed by atoms with van der Waals surface area (Å²) in [6, 6.07) is 8.57. The van der Waals surface area contributed by atoms with E-state index in [1.54, 1.807) is 4.57 Å². The molecular formula is C12H13N3OS. The van der Waals surface area contributed by atoms with Crippen LogP contribution in [-0.2, 0) is 12.8 Å². The third-order valence-electron chi connectivity index (χ3n) is 3.40. The van der Waals surface area contributed by atoms with E-state index in [0.29, 0.717) is 4.77 Å². The molecule has 0 spiro atoms. The average Bonchev–Trinajstić information content (AvgIpc) is 2.68. The monoisotopic (exact) mass is 247 g/mol. The predicted molar refractivity (Wildman–Crippen MR) is 67.7 cm³/mol. The van der Waals surface area contributed by atoms with Gasteiger partial charge < -0.3 is 0 Å². The van der Waals surface area contributed by atoms with Gasteiger partial charge in [0.1, 0.15) is 0 Å². The molecule has 0 saturated carbocycles. The van der Waals surface area contributed by atoms with E-state index in [1.807, 2.05) is 6.07 Å². The van der Waals surface area contributed by atoms with Crippen LogP contribution in [0.1, 0.15) is 23.6 Å². The molecule has 1 atom stereocenters. The Kier molecular flexibility index (Phi) is 2.48. The Labute approximate surface area is 103 Å². The number of aromatic nitrogens is 3. The number of nitrogens with one attached hydrogen (secondary N) is 2. The van der Waals surface area contributed by atoms with Gasteiger partial charge in [0.25, 0.3) is 0 Å². The molecular weight excluding hydrogens is 234 g/mol. The van der Waals surface area contributed by atoms with Gasteiger partial charge in [0.15, 0.2) is 4.77 Å². The lowest BCUT2D eigenvalue weighted by Gasteiger charge is -2.24. The van der Waals surface area contributed by atoms with Gasteiger partial charge in [-0.1, -0.05) is 24.3 Å². The Hall–Kier alpha value is -1.62. The van der Waals surface area contributed by atoms with Crippen LogP contribution in [0.15, 0.2) is 29.1 Å². The molecule has 2 N–H and O–H groups in total. The van der Waals surface area contributed by atoms with Crippen LogP contribution in [0.3, 0.4) is 0 Å². The molecule has 0 saturated heterocycles. The number of H-pyrrole nitrogens is 2. The van der Waals surface area contributed by atoms with E-state index >= 15 is 0 Å². The second-order valence-corrected chi connectivity index (χ2v) is 4.78. The highest BCUT2D eigenvalue weighted by molar-refractivity contribution is 7.71. The third kappa shape index (κ3) is 1.76. The Morgan fingerprint density at radius 1 is 1.24 bits per heavy atom. The molecule has 0 bridgehead atoms. The Bertz CT molecular complexity index is 625. The van der Waals surface area contributed by atoms with Gasteiger partial charge in [0.2, 0.25) is 0 Å². The number of nitrogens with zero attached hydrogens (tertiary/aromatic N) is 1. The summed E-state index contributed by atoms with van der Waals surface area (Å²) in [5.41, 5.74) is 2.58. The second-order valence-electron chi connectivity index (χ2n) is 4.40. The minimum Gasteiger partial charge on any atom is -0.272 e. The second kappa shape index (κ2) is 4.00.